The van der Waals surface area contributed by atoms with Gasteiger partial charge in [-0.25, -0.2) is 0 Å². The Labute approximate surface area is 69.5 Å². The molecule has 5 nitrogen and oxygen atoms in total. The first-order chi connectivity index (χ1) is 5.74. The minimum atomic E-state index is -0.467. The zero-order chi connectivity index (χ0) is 8.97. The van der Waals surface area contributed by atoms with Crippen LogP contribution in [0.3, 0.4) is 0 Å². The maximum Gasteiger partial charge on any atom is 0.242 e. The summed E-state index contributed by atoms with van der Waals surface area (Å²) in [6.07, 6.45) is 2.42. The first kappa shape index (κ1) is 8.70. The summed E-state index contributed by atoms with van der Waals surface area (Å²) in [5.74, 6) is -0.436. The Balaban J connectivity index is 2.32. The van der Waals surface area contributed by atoms with Gasteiger partial charge in [-0.3, -0.25) is 14.4 Å². The van der Waals surface area contributed by atoms with Crippen LogP contribution >= 0.6 is 0 Å². The zero-order valence-electron chi connectivity index (χ0n) is 6.42. The van der Waals surface area contributed by atoms with Crippen molar-refractivity contribution in [2.75, 3.05) is 6.54 Å². The molecule has 0 spiro atoms. The van der Waals surface area contributed by atoms with E-state index in [-0.39, 0.29) is 18.4 Å². The Morgan fingerprint density at radius 2 is 2.50 bits per heavy atom. The predicted octanol–water partition coefficient (Wildman–Crippen LogP) is -1.51. The molecule has 1 fully saturated rings. The smallest absolute Gasteiger partial charge is 0.242 e. The van der Waals surface area contributed by atoms with Crippen LogP contribution in [0.1, 0.15) is 12.8 Å². The summed E-state index contributed by atoms with van der Waals surface area (Å²) >= 11 is 0. The SMILES string of the molecule is O=[C]CNC(=O)[C@@H]1CCC(=O)N1. The molecule has 12 heavy (non-hydrogen) atoms. The van der Waals surface area contributed by atoms with Crippen molar-refractivity contribution in [2.24, 2.45) is 0 Å². The lowest BCUT2D eigenvalue weighted by Gasteiger charge is -2.07. The Morgan fingerprint density at radius 3 is 3.00 bits per heavy atom. The second-order valence-electron chi connectivity index (χ2n) is 2.52. The Kier molecular flexibility index (Phi) is 2.79. The van der Waals surface area contributed by atoms with Gasteiger partial charge >= 0.3 is 0 Å². The van der Waals surface area contributed by atoms with Crippen molar-refractivity contribution in [3.8, 4) is 0 Å². The fraction of sp³-hybridized carbons (Fsp3) is 0.571. The summed E-state index contributed by atoms with van der Waals surface area (Å²) in [6.45, 7) is -0.120. The van der Waals surface area contributed by atoms with Gasteiger partial charge in [0, 0.05) is 6.42 Å². The summed E-state index contributed by atoms with van der Waals surface area (Å²) < 4.78 is 0. The minimum absolute atomic E-state index is 0.120. The average molecular weight is 169 g/mol. The van der Waals surface area contributed by atoms with E-state index in [1.807, 2.05) is 0 Å². The summed E-state index contributed by atoms with van der Waals surface area (Å²) in [7, 11) is 0. The molecule has 0 saturated carbocycles. The molecule has 1 aliphatic rings. The van der Waals surface area contributed by atoms with E-state index in [0.717, 1.165) is 0 Å². The average Bonchev–Trinajstić information content (AvgIpc) is 2.47. The zero-order valence-corrected chi connectivity index (χ0v) is 6.42. The van der Waals surface area contributed by atoms with Gasteiger partial charge in [0.2, 0.25) is 18.1 Å². The van der Waals surface area contributed by atoms with Crippen molar-refractivity contribution in [2.45, 2.75) is 18.9 Å². The highest BCUT2D eigenvalue weighted by atomic mass is 16.2. The van der Waals surface area contributed by atoms with E-state index >= 15 is 0 Å². The minimum Gasteiger partial charge on any atom is -0.347 e. The fourth-order valence-electron chi connectivity index (χ4n) is 1.06. The molecular formula is C7H9N2O3. The molecule has 5 heteroatoms. The van der Waals surface area contributed by atoms with Crippen LogP contribution in [-0.4, -0.2) is 30.7 Å². The number of rotatable bonds is 3. The highest BCUT2D eigenvalue weighted by Gasteiger charge is 2.26. The maximum atomic E-state index is 11.0. The van der Waals surface area contributed by atoms with Crippen LogP contribution < -0.4 is 10.6 Å². The topological polar surface area (TPSA) is 75.3 Å². The maximum absolute atomic E-state index is 11.0. The third kappa shape index (κ3) is 2.05. The predicted molar refractivity (Wildman–Crippen MR) is 39.9 cm³/mol. The second-order valence-corrected chi connectivity index (χ2v) is 2.52. The number of amides is 2. The largest absolute Gasteiger partial charge is 0.347 e. The van der Waals surface area contributed by atoms with Crippen LogP contribution in [0.2, 0.25) is 0 Å². The number of nitrogens with one attached hydrogen (secondary N) is 2. The molecule has 1 saturated heterocycles. The van der Waals surface area contributed by atoms with Crippen LogP contribution in [0.4, 0.5) is 0 Å². The Morgan fingerprint density at radius 1 is 1.75 bits per heavy atom. The molecule has 2 amide bonds. The van der Waals surface area contributed by atoms with Crippen LogP contribution in [-0.2, 0) is 14.4 Å². The molecule has 65 valence electrons. The van der Waals surface area contributed by atoms with E-state index in [2.05, 4.69) is 10.6 Å². The Bertz CT molecular complexity index is 215. The molecule has 0 bridgehead atoms. The van der Waals surface area contributed by atoms with Gasteiger partial charge in [0.05, 0.1) is 6.54 Å². The monoisotopic (exact) mass is 169 g/mol. The molecule has 0 aromatic rings. The van der Waals surface area contributed by atoms with Gasteiger partial charge < -0.3 is 10.6 Å². The lowest BCUT2D eigenvalue weighted by Crippen LogP contribution is -2.42. The van der Waals surface area contributed by atoms with Gasteiger partial charge in [-0.15, -0.1) is 0 Å². The number of carbonyl (C=O) groups excluding carboxylic acids is 3. The summed E-state index contributed by atoms with van der Waals surface area (Å²) in [4.78, 5) is 31.5. The first-order valence-corrected chi connectivity index (χ1v) is 3.66. The van der Waals surface area contributed by atoms with E-state index in [9.17, 15) is 14.4 Å². The molecular weight excluding hydrogens is 160 g/mol. The van der Waals surface area contributed by atoms with Gasteiger partial charge in [0.25, 0.3) is 0 Å². The molecule has 1 atom stereocenters. The molecule has 0 aliphatic carbocycles. The lowest BCUT2D eigenvalue weighted by atomic mass is 10.2. The third-order valence-electron chi connectivity index (χ3n) is 1.65. The van der Waals surface area contributed by atoms with Crippen molar-refractivity contribution in [1.29, 1.82) is 0 Å². The van der Waals surface area contributed by atoms with E-state index in [1.54, 1.807) is 0 Å². The molecule has 1 radical (unpaired) electrons. The quantitative estimate of drug-likeness (QED) is 0.539. The lowest BCUT2D eigenvalue weighted by molar-refractivity contribution is -0.125. The molecule has 1 heterocycles. The summed E-state index contributed by atoms with van der Waals surface area (Å²) in [5.41, 5.74) is 0. The van der Waals surface area contributed by atoms with Crippen LogP contribution in [0, 0.1) is 0 Å². The fourth-order valence-corrected chi connectivity index (χ4v) is 1.06. The van der Waals surface area contributed by atoms with Crippen molar-refractivity contribution in [3.63, 3.8) is 0 Å². The van der Waals surface area contributed by atoms with Crippen molar-refractivity contribution in [1.82, 2.24) is 10.6 Å². The number of hydrogen-bond acceptors (Lipinski definition) is 3. The molecule has 0 aromatic heterocycles. The van der Waals surface area contributed by atoms with Crippen molar-refractivity contribution >= 4 is 18.1 Å². The second kappa shape index (κ2) is 3.85. The third-order valence-corrected chi connectivity index (χ3v) is 1.65. The van der Waals surface area contributed by atoms with Crippen LogP contribution in [0.15, 0.2) is 0 Å². The highest BCUT2D eigenvalue weighted by molar-refractivity contribution is 5.91. The van der Waals surface area contributed by atoms with Gasteiger partial charge in [-0.05, 0) is 6.42 Å². The van der Waals surface area contributed by atoms with Gasteiger partial charge in [0.1, 0.15) is 6.04 Å². The van der Waals surface area contributed by atoms with E-state index < -0.39 is 6.04 Å². The summed E-state index contributed by atoms with van der Waals surface area (Å²) in [5, 5.41) is 4.80. The standard InChI is InChI=1S/C7H9N2O3/c10-4-3-8-7(12)5-1-2-6(11)9-5/h5H,1-3H2,(H,8,12)(H,9,11)/t5-/m0/s1. The number of hydrogen-bond donors (Lipinski definition) is 2. The van der Waals surface area contributed by atoms with Crippen LogP contribution in [0.5, 0.6) is 0 Å². The Hall–Kier alpha value is -1.39. The molecule has 1 rings (SSSR count). The van der Waals surface area contributed by atoms with Crippen molar-refractivity contribution in [3.05, 3.63) is 0 Å². The van der Waals surface area contributed by atoms with E-state index in [4.69, 9.17) is 0 Å². The van der Waals surface area contributed by atoms with Gasteiger partial charge in [-0.1, -0.05) is 0 Å². The van der Waals surface area contributed by atoms with E-state index in [1.165, 1.54) is 6.29 Å². The van der Waals surface area contributed by atoms with Gasteiger partial charge in [0.15, 0.2) is 0 Å². The van der Waals surface area contributed by atoms with E-state index in [0.29, 0.717) is 12.8 Å². The number of carbonyl (C=O) groups is 2. The van der Waals surface area contributed by atoms with Gasteiger partial charge in [-0.2, -0.15) is 0 Å². The molecule has 1 aliphatic heterocycles. The normalized spacial score (nSPS) is 21.7. The highest BCUT2D eigenvalue weighted by Crippen LogP contribution is 2.05. The van der Waals surface area contributed by atoms with Crippen LogP contribution in [0.25, 0.3) is 0 Å². The van der Waals surface area contributed by atoms with Crippen molar-refractivity contribution < 1.29 is 14.4 Å². The summed E-state index contributed by atoms with van der Waals surface area (Å²) in [6, 6.07) is -0.467. The first-order valence-electron chi connectivity index (χ1n) is 3.66. The molecule has 0 aromatic carbocycles. The molecule has 0 unspecified atom stereocenters. The molecule has 2 N–H and O–H groups in total.